The van der Waals surface area contributed by atoms with Crippen LogP contribution in [0.3, 0.4) is 0 Å². The average molecular weight is 1100 g/mol. The monoisotopic (exact) mass is 1100 g/mol. The number of rotatable bonds is 14. The first kappa shape index (κ1) is 50.1. The van der Waals surface area contributed by atoms with Crippen LogP contribution in [0.15, 0.2) is 118 Å². The molecule has 4 aromatic heterocycles. The van der Waals surface area contributed by atoms with Gasteiger partial charge in [-0.05, 0) is 135 Å². The van der Waals surface area contributed by atoms with Crippen molar-refractivity contribution in [3.05, 3.63) is 151 Å². The molecule has 0 unspecified atom stereocenters. The van der Waals surface area contributed by atoms with E-state index in [1.807, 2.05) is 0 Å². The molecule has 8 aromatic rings. The third-order valence-electron chi connectivity index (χ3n) is 12.7. The highest BCUT2D eigenvalue weighted by molar-refractivity contribution is 7.91. The SMILES string of the molecule is O=C(NCc1ccc(S(=O)(=O)N2CCC(n3nnc4cc(C(=O)OC(=O)c5ccc6nnn(C7CCN(S(=O)(=O)c8ccc(CNC(=O)c9ccc(Cl)cc9)s8)CC7)c6c5)ccc43)CC2)s1)c1ccc(Cl)cc1. The molecule has 0 atom stereocenters. The van der Waals surface area contributed by atoms with Crippen molar-refractivity contribution in [1.29, 1.82) is 0 Å². The third kappa shape index (κ3) is 10.7. The molecule has 25 heteroatoms. The second kappa shape index (κ2) is 20.8. The molecule has 10 rings (SSSR count). The smallest absolute Gasteiger partial charge is 0.346 e. The Hall–Kier alpha value is -6.44. The first-order valence-electron chi connectivity index (χ1n) is 22.8. The summed E-state index contributed by atoms with van der Waals surface area (Å²) in [4.78, 5) is 53.2. The van der Waals surface area contributed by atoms with E-state index in [2.05, 4.69) is 31.3 Å². The molecule has 6 heterocycles. The molecular weight excluding hydrogens is 1060 g/mol. The summed E-state index contributed by atoms with van der Waals surface area (Å²) in [6.07, 6.45) is 1.75. The topological polar surface area (TPSA) is 238 Å². The second-order valence-electron chi connectivity index (χ2n) is 17.2. The van der Waals surface area contributed by atoms with Crippen molar-refractivity contribution in [3.63, 3.8) is 0 Å². The van der Waals surface area contributed by atoms with Gasteiger partial charge in [-0.2, -0.15) is 8.61 Å². The quantitative estimate of drug-likeness (QED) is 0.0793. The number of aromatic nitrogens is 6. The number of esters is 2. The molecular formula is C48H42Cl2N10O9S4. The molecule has 0 aliphatic carbocycles. The van der Waals surface area contributed by atoms with E-state index in [1.54, 1.807) is 100 Å². The number of sulfonamides is 2. The lowest BCUT2D eigenvalue weighted by atomic mass is 10.1. The molecule has 376 valence electrons. The van der Waals surface area contributed by atoms with Crippen LogP contribution in [-0.2, 0) is 37.9 Å². The fourth-order valence-electron chi connectivity index (χ4n) is 8.71. The predicted molar refractivity (Wildman–Crippen MR) is 273 cm³/mol. The number of fused-ring (bicyclic) bond motifs is 2. The number of halogens is 2. The van der Waals surface area contributed by atoms with Gasteiger partial charge in [-0.15, -0.1) is 32.9 Å². The summed E-state index contributed by atoms with van der Waals surface area (Å²) < 4.78 is 66.5. The van der Waals surface area contributed by atoms with Gasteiger partial charge in [0, 0.05) is 57.1 Å². The summed E-state index contributed by atoms with van der Waals surface area (Å²) in [5.74, 6) is -2.40. The van der Waals surface area contributed by atoms with Gasteiger partial charge >= 0.3 is 11.9 Å². The number of amides is 2. The summed E-state index contributed by atoms with van der Waals surface area (Å²) in [5, 5.41) is 23.8. The second-order valence-corrected chi connectivity index (χ2v) is 24.8. The number of thiophene rings is 2. The highest BCUT2D eigenvalue weighted by Crippen LogP contribution is 2.34. The summed E-state index contributed by atoms with van der Waals surface area (Å²) in [6.45, 7) is 1.23. The van der Waals surface area contributed by atoms with E-state index in [-0.39, 0.29) is 82.7 Å². The lowest BCUT2D eigenvalue weighted by molar-refractivity contribution is 0.0397. The van der Waals surface area contributed by atoms with Gasteiger partial charge in [-0.25, -0.2) is 35.8 Å². The van der Waals surface area contributed by atoms with Crippen LogP contribution in [0.4, 0.5) is 0 Å². The Morgan fingerprint density at radius 2 is 0.959 bits per heavy atom. The number of piperidine rings is 2. The van der Waals surface area contributed by atoms with Crippen molar-refractivity contribution in [2.24, 2.45) is 0 Å². The van der Waals surface area contributed by atoms with E-state index in [1.165, 1.54) is 26.8 Å². The third-order valence-corrected chi connectivity index (χ3v) is 20.1. The lowest BCUT2D eigenvalue weighted by Gasteiger charge is -2.31. The Balaban J connectivity index is 0.717. The maximum atomic E-state index is 13.7. The molecule has 2 amide bonds. The van der Waals surface area contributed by atoms with Crippen molar-refractivity contribution in [2.45, 2.75) is 59.3 Å². The molecule has 73 heavy (non-hydrogen) atoms. The van der Waals surface area contributed by atoms with E-state index in [0.717, 1.165) is 22.7 Å². The molecule has 4 aromatic carbocycles. The molecule has 2 fully saturated rings. The van der Waals surface area contributed by atoms with Gasteiger partial charge in [0.05, 0.1) is 47.3 Å². The predicted octanol–water partition coefficient (Wildman–Crippen LogP) is 7.51. The fraction of sp³-hybridized carbons (Fsp3) is 0.250. The zero-order chi connectivity index (χ0) is 51.0. The summed E-state index contributed by atoms with van der Waals surface area (Å²) in [6, 6.07) is 28.3. The molecule has 2 aliphatic heterocycles. The fourth-order valence-corrected chi connectivity index (χ4v) is 14.8. The highest BCUT2D eigenvalue weighted by atomic mass is 35.5. The Bertz CT molecular complexity index is 3640. The molecule has 2 aliphatic rings. The van der Waals surface area contributed by atoms with E-state index < -0.39 is 32.0 Å². The Morgan fingerprint density at radius 1 is 0.534 bits per heavy atom. The number of hydrogen-bond donors (Lipinski definition) is 2. The van der Waals surface area contributed by atoms with Crippen LogP contribution < -0.4 is 10.6 Å². The standard InChI is InChI=1S/C48H42Cl2N10O9S4/c49-33-7-1-29(2-8-33)45(61)51-27-37-11-15-43(70-37)72(65,66)57-21-17-35(18-22-57)59-41-14-6-31(25-40(41)54-56-59)47(63)69-48(64)32-5-13-39-42(26-32)60(55-53-39)36-19-23-58(24-20-36)73(67,68)44-16-12-38(71-44)28-52-46(62)30-3-9-34(50)10-4-30/h1-16,25-26,35-36H,17-24,27-28H2,(H,51,61)(H,52,62). The van der Waals surface area contributed by atoms with Crippen molar-refractivity contribution in [2.75, 3.05) is 26.2 Å². The minimum atomic E-state index is -3.82. The molecule has 0 spiro atoms. The summed E-state index contributed by atoms with van der Waals surface area (Å²) >= 11 is 14.0. The number of nitrogens with zero attached hydrogens (tertiary/aromatic N) is 8. The minimum Gasteiger partial charge on any atom is -0.386 e. The highest BCUT2D eigenvalue weighted by Gasteiger charge is 2.34. The summed E-state index contributed by atoms with van der Waals surface area (Å²) in [7, 11) is -7.61. The van der Waals surface area contributed by atoms with Crippen molar-refractivity contribution in [3.8, 4) is 0 Å². The molecule has 2 saturated heterocycles. The van der Waals surface area contributed by atoms with Crippen LogP contribution in [0, 0.1) is 0 Å². The number of benzene rings is 4. The van der Waals surface area contributed by atoms with Crippen molar-refractivity contribution in [1.82, 2.24) is 49.2 Å². The van der Waals surface area contributed by atoms with Gasteiger partial charge in [0.1, 0.15) is 19.5 Å². The van der Waals surface area contributed by atoms with Crippen LogP contribution in [0.5, 0.6) is 0 Å². The Labute approximate surface area is 435 Å². The van der Waals surface area contributed by atoms with Gasteiger partial charge in [-0.1, -0.05) is 33.6 Å². The number of ether oxygens (including phenoxy) is 1. The lowest BCUT2D eigenvalue weighted by Crippen LogP contribution is -2.38. The maximum absolute atomic E-state index is 13.7. The van der Waals surface area contributed by atoms with E-state index in [4.69, 9.17) is 27.9 Å². The Kier molecular flexibility index (Phi) is 14.3. The van der Waals surface area contributed by atoms with Gasteiger partial charge in [0.25, 0.3) is 31.9 Å². The normalized spacial score (nSPS) is 15.4. The average Bonchev–Trinajstić information content (AvgIpc) is 4.25. The number of carbonyl (C=O) groups is 4. The molecule has 2 N–H and O–H groups in total. The van der Waals surface area contributed by atoms with Gasteiger partial charge in [-0.3, -0.25) is 9.59 Å². The minimum absolute atomic E-state index is 0.0721. The molecule has 0 bridgehead atoms. The maximum Gasteiger partial charge on any atom is 0.346 e. The van der Waals surface area contributed by atoms with Crippen molar-refractivity contribution >= 4 is 112 Å². The van der Waals surface area contributed by atoms with E-state index in [0.29, 0.717) is 78.7 Å². The zero-order valence-corrected chi connectivity index (χ0v) is 43.0. The van der Waals surface area contributed by atoms with Crippen LogP contribution in [-0.4, -0.2) is 105 Å². The van der Waals surface area contributed by atoms with Gasteiger partial charge in [0.15, 0.2) is 0 Å². The van der Waals surface area contributed by atoms with Gasteiger partial charge in [0.2, 0.25) is 0 Å². The molecule has 0 radical (unpaired) electrons. The largest absolute Gasteiger partial charge is 0.386 e. The van der Waals surface area contributed by atoms with Crippen LogP contribution in [0.2, 0.25) is 10.0 Å². The number of carbonyl (C=O) groups excluding carboxylic acids is 4. The number of nitrogens with one attached hydrogen (secondary N) is 2. The zero-order valence-electron chi connectivity index (χ0n) is 38.3. The van der Waals surface area contributed by atoms with Crippen LogP contribution in [0.25, 0.3) is 22.1 Å². The Morgan fingerprint density at radius 3 is 1.45 bits per heavy atom. The molecule has 19 nitrogen and oxygen atoms in total. The first-order valence-corrected chi connectivity index (χ1v) is 28.1. The van der Waals surface area contributed by atoms with Crippen LogP contribution >= 0.6 is 45.9 Å². The first-order chi connectivity index (χ1) is 35.1. The van der Waals surface area contributed by atoms with Gasteiger partial charge < -0.3 is 15.4 Å². The summed E-state index contributed by atoms with van der Waals surface area (Å²) in [5.41, 5.74) is 3.06. The van der Waals surface area contributed by atoms with E-state index in [9.17, 15) is 36.0 Å². The van der Waals surface area contributed by atoms with E-state index >= 15 is 0 Å². The van der Waals surface area contributed by atoms with Crippen molar-refractivity contribution < 1.29 is 40.8 Å². The number of hydrogen-bond acceptors (Lipinski definition) is 15. The molecule has 0 saturated carbocycles. The van der Waals surface area contributed by atoms with Crippen LogP contribution in [0.1, 0.15) is 89.0 Å².